The number of aromatic nitrogens is 2. The van der Waals surface area contributed by atoms with E-state index in [9.17, 15) is 8.78 Å². The number of nitrogens with one attached hydrogen (secondary N) is 1. The molecule has 23 heavy (non-hydrogen) atoms. The molecule has 3 nitrogen and oxygen atoms in total. The molecule has 0 saturated heterocycles. The fraction of sp³-hybridized carbons (Fsp3) is 0. The number of nitrogens with zero attached hydrogens (tertiary/aromatic N) is 1. The average molecular weight is 332 g/mol. The van der Waals surface area contributed by atoms with Gasteiger partial charge in [0.15, 0.2) is 5.95 Å². The van der Waals surface area contributed by atoms with Crippen LogP contribution in [0.4, 0.5) is 14.7 Å². The lowest BCUT2D eigenvalue weighted by atomic mass is 10.1. The van der Waals surface area contributed by atoms with Crippen molar-refractivity contribution >= 4 is 18.4 Å². The summed E-state index contributed by atoms with van der Waals surface area (Å²) in [4.78, 5) is 6.86. The van der Waals surface area contributed by atoms with Crippen molar-refractivity contribution in [2.24, 2.45) is 0 Å². The van der Waals surface area contributed by atoms with Gasteiger partial charge in [0, 0.05) is 17.2 Å². The molecule has 0 aliphatic heterocycles. The minimum atomic E-state index is -0.642. The van der Waals surface area contributed by atoms with Gasteiger partial charge in [0.25, 0.3) is 0 Å². The van der Waals surface area contributed by atoms with E-state index in [1.807, 2.05) is 24.3 Å². The Morgan fingerprint density at radius 3 is 2.09 bits per heavy atom. The summed E-state index contributed by atoms with van der Waals surface area (Å²) in [6.45, 7) is 0. The van der Waals surface area contributed by atoms with Crippen molar-refractivity contribution in [3.05, 3.63) is 71.4 Å². The number of halogens is 3. The van der Waals surface area contributed by atoms with E-state index >= 15 is 0 Å². The van der Waals surface area contributed by atoms with Crippen LogP contribution in [0.2, 0.25) is 0 Å². The lowest BCUT2D eigenvalue weighted by Crippen LogP contribution is -1.85. The number of anilines is 1. The standard InChI is InChI=1S/C17H11F2N3.ClH/c18-14-7-12(8-15(19)9-14)2-1-11-3-5-13(6-4-11)16-10-21-17(20)22-16;/h3-10H,(H3,20,21,22);1H. The van der Waals surface area contributed by atoms with Gasteiger partial charge in [-0.05, 0) is 29.8 Å². The predicted molar refractivity (Wildman–Crippen MR) is 88.0 cm³/mol. The van der Waals surface area contributed by atoms with Gasteiger partial charge >= 0.3 is 0 Å². The molecule has 3 aromatic rings. The highest BCUT2D eigenvalue weighted by Gasteiger charge is 2.01. The van der Waals surface area contributed by atoms with Crippen molar-refractivity contribution in [2.45, 2.75) is 0 Å². The number of H-pyrrole nitrogens is 1. The van der Waals surface area contributed by atoms with E-state index in [-0.39, 0.29) is 12.4 Å². The molecular formula is C17H12ClF2N3. The van der Waals surface area contributed by atoms with E-state index in [2.05, 4.69) is 21.8 Å². The molecule has 3 N–H and O–H groups in total. The topological polar surface area (TPSA) is 54.7 Å². The van der Waals surface area contributed by atoms with Gasteiger partial charge in [0.2, 0.25) is 0 Å². The summed E-state index contributed by atoms with van der Waals surface area (Å²) >= 11 is 0. The Bertz CT molecular complexity index is 857. The molecule has 0 atom stereocenters. The predicted octanol–water partition coefficient (Wildman–Crippen LogP) is 3.76. The van der Waals surface area contributed by atoms with Gasteiger partial charge in [-0.25, -0.2) is 13.8 Å². The minimum Gasteiger partial charge on any atom is -0.369 e. The Kier molecular flexibility index (Phi) is 4.99. The van der Waals surface area contributed by atoms with Crippen LogP contribution < -0.4 is 5.73 Å². The van der Waals surface area contributed by atoms with Crippen LogP contribution in [0, 0.1) is 23.5 Å². The monoisotopic (exact) mass is 331 g/mol. The minimum absolute atomic E-state index is 0. The van der Waals surface area contributed by atoms with E-state index in [1.165, 1.54) is 12.1 Å². The van der Waals surface area contributed by atoms with Crippen molar-refractivity contribution in [3.63, 3.8) is 0 Å². The van der Waals surface area contributed by atoms with E-state index < -0.39 is 11.6 Å². The lowest BCUT2D eigenvalue weighted by molar-refractivity contribution is 0.582. The van der Waals surface area contributed by atoms with E-state index in [4.69, 9.17) is 5.73 Å². The van der Waals surface area contributed by atoms with Gasteiger partial charge in [0.1, 0.15) is 11.6 Å². The fourth-order valence-corrected chi connectivity index (χ4v) is 1.99. The molecular weight excluding hydrogens is 320 g/mol. The van der Waals surface area contributed by atoms with Gasteiger partial charge in [-0.2, -0.15) is 0 Å². The lowest BCUT2D eigenvalue weighted by Gasteiger charge is -1.97. The Hall–Kier alpha value is -2.84. The van der Waals surface area contributed by atoms with Crippen LogP contribution in [0.15, 0.2) is 48.7 Å². The summed E-state index contributed by atoms with van der Waals surface area (Å²) < 4.78 is 26.1. The van der Waals surface area contributed by atoms with Crippen molar-refractivity contribution < 1.29 is 8.78 Å². The van der Waals surface area contributed by atoms with E-state index in [1.54, 1.807) is 6.20 Å². The molecule has 0 bridgehead atoms. The molecule has 0 aliphatic rings. The van der Waals surface area contributed by atoms with E-state index in [0.29, 0.717) is 11.5 Å². The molecule has 3 rings (SSSR count). The average Bonchev–Trinajstić information content (AvgIpc) is 2.91. The van der Waals surface area contributed by atoms with Crippen molar-refractivity contribution in [3.8, 4) is 23.1 Å². The molecule has 0 amide bonds. The first kappa shape index (κ1) is 16.5. The number of benzene rings is 2. The van der Waals surface area contributed by atoms with Crippen LogP contribution in [-0.4, -0.2) is 9.97 Å². The maximum atomic E-state index is 13.1. The third-order valence-electron chi connectivity index (χ3n) is 3.01. The molecule has 0 radical (unpaired) electrons. The van der Waals surface area contributed by atoms with Crippen molar-refractivity contribution in [1.29, 1.82) is 0 Å². The Morgan fingerprint density at radius 1 is 0.913 bits per heavy atom. The first-order chi connectivity index (χ1) is 10.6. The van der Waals surface area contributed by atoms with Crippen LogP contribution >= 0.6 is 12.4 Å². The van der Waals surface area contributed by atoms with Gasteiger partial charge in [0.05, 0.1) is 11.9 Å². The van der Waals surface area contributed by atoms with Crippen molar-refractivity contribution in [2.75, 3.05) is 5.73 Å². The molecule has 2 aromatic carbocycles. The van der Waals surface area contributed by atoms with Crippen LogP contribution in [0.5, 0.6) is 0 Å². The zero-order valence-corrected chi connectivity index (χ0v) is 12.6. The maximum absolute atomic E-state index is 13.1. The maximum Gasteiger partial charge on any atom is 0.197 e. The van der Waals surface area contributed by atoms with Gasteiger partial charge in [-0.15, -0.1) is 12.4 Å². The quantitative estimate of drug-likeness (QED) is 0.667. The van der Waals surface area contributed by atoms with Crippen LogP contribution in [-0.2, 0) is 0 Å². The highest BCUT2D eigenvalue weighted by atomic mass is 35.5. The zero-order chi connectivity index (χ0) is 15.5. The summed E-state index contributed by atoms with van der Waals surface area (Å²) in [5, 5.41) is 0. The smallest absolute Gasteiger partial charge is 0.197 e. The number of rotatable bonds is 1. The number of nitrogens with two attached hydrogens (primary N) is 1. The largest absolute Gasteiger partial charge is 0.369 e. The summed E-state index contributed by atoms with van der Waals surface area (Å²) in [6, 6.07) is 10.6. The van der Waals surface area contributed by atoms with Crippen LogP contribution in [0.1, 0.15) is 11.1 Å². The number of imidazole rings is 1. The first-order valence-corrected chi connectivity index (χ1v) is 6.49. The van der Waals surface area contributed by atoms with E-state index in [0.717, 1.165) is 22.9 Å². The molecule has 0 aliphatic carbocycles. The number of aromatic amines is 1. The molecule has 1 heterocycles. The second-order valence-corrected chi connectivity index (χ2v) is 4.67. The van der Waals surface area contributed by atoms with Gasteiger partial charge in [-0.3, -0.25) is 0 Å². The Morgan fingerprint density at radius 2 is 1.52 bits per heavy atom. The normalized spacial score (nSPS) is 9.65. The highest BCUT2D eigenvalue weighted by Crippen LogP contribution is 2.18. The highest BCUT2D eigenvalue weighted by molar-refractivity contribution is 5.85. The van der Waals surface area contributed by atoms with Gasteiger partial charge in [-0.1, -0.05) is 24.0 Å². The molecule has 116 valence electrons. The second kappa shape index (κ2) is 6.95. The summed E-state index contributed by atoms with van der Waals surface area (Å²) in [6.07, 6.45) is 1.64. The van der Waals surface area contributed by atoms with Crippen LogP contribution in [0.3, 0.4) is 0 Å². The first-order valence-electron chi connectivity index (χ1n) is 6.49. The molecule has 0 fully saturated rings. The number of hydrogen-bond acceptors (Lipinski definition) is 2. The van der Waals surface area contributed by atoms with Crippen molar-refractivity contribution in [1.82, 2.24) is 9.97 Å². The molecule has 0 saturated carbocycles. The molecule has 6 heteroatoms. The molecule has 0 spiro atoms. The third-order valence-corrected chi connectivity index (χ3v) is 3.01. The van der Waals surface area contributed by atoms with Crippen LogP contribution in [0.25, 0.3) is 11.3 Å². The SMILES string of the molecule is Cl.Nc1ncc(-c2ccc(C#Cc3cc(F)cc(F)c3)cc2)[nH]1. The summed E-state index contributed by atoms with van der Waals surface area (Å²) in [5.74, 6) is 4.67. The number of hydrogen-bond donors (Lipinski definition) is 2. The molecule has 0 unspecified atom stereocenters. The molecule has 1 aromatic heterocycles. The zero-order valence-electron chi connectivity index (χ0n) is 11.8. The fourth-order valence-electron chi connectivity index (χ4n) is 1.99. The Balaban J connectivity index is 0.00000192. The second-order valence-electron chi connectivity index (χ2n) is 4.67. The Labute approximate surface area is 138 Å². The van der Waals surface area contributed by atoms with Gasteiger partial charge < -0.3 is 10.7 Å². The summed E-state index contributed by atoms with van der Waals surface area (Å²) in [7, 11) is 0. The number of nitrogen functional groups attached to an aromatic ring is 1. The third kappa shape index (κ3) is 4.09. The summed E-state index contributed by atoms with van der Waals surface area (Å²) in [5.41, 5.74) is 8.30.